The van der Waals surface area contributed by atoms with Gasteiger partial charge >= 0.3 is 6.03 Å². The minimum absolute atomic E-state index is 0.0842. The van der Waals surface area contributed by atoms with Gasteiger partial charge in [-0.25, -0.2) is 4.79 Å². The number of rotatable bonds is 8. The van der Waals surface area contributed by atoms with Crippen molar-refractivity contribution in [3.05, 3.63) is 42.5 Å². The summed E-state index contributed by atoms with van der Waals surface area (Å²) in [6, 6.07) is 11.6. The highest BCUT2D eigenvalue weighted by Gasteiger charge is 2.16. The van der Waals surface area contributed by atoms with Gasteiger partial charge in [-0.1, -0.05) is 30.0 Å². The number of methoxy groups -OCH3 is 3. The van der Waals surface area contributed by atoms with Crippen molar-refractivity contribution in [2.75, 3.05) is 32.4 Å². The van der Waals surface area contributed by atoms with E-state index in [1.165, 1.54) is 21.3 Å². The predicted molar refractivity (Wildman–Crippen MR) is 114 cm³/mol. The highest BCUT2D eigenvalue weighted by molar-refractivity contribution is 7.99. The van der Waals surface area contributed by atoms with Crippen LogP contribution < -0.4 is 24.8 Å². The fourth-order valence-corrected chi connectivity index (χ4v) is 3.13. The molecule has 3 aromatic rings. The number of amides is 3. The number of hydrogen-bond donors (Lipinski definition) is 2. The molecule has 0 aliphatic carbocycles. The first-order valence-corrected chi connectivity index (χ1v) is 9.95. The lowest BCUT2D eigenvalue weighted by Crippen LogP contribution is -2.35. The summed E-state index contributed by atoms with van der Waals surface area (Å²) in [5.74, 6) is 0.851. The van der Waals surface area contributed by atoms with Crippen molar-refractivity contribution in [1.29, 1.82) is 0 Å². The standard InChI is InChI=1S/C20H20N4O6S/c1-27-14-9-13(10-15(28-2)17(14)29-3)21-19(26)22-16(25)11-31-20-24-23-18(30-20)12-7-5-4-6-8-12/h4-10H,11H2,1-3H3,(H2,21,22,25,26). The van der Waals surface area contributed by atoms with Crippen molar-refractivity contribution in [3.63, 3.8) is 0 Å². The number of thioether (sulfide) groups is 1. The van der Waals surface area contributed by atoms with Gasteiger partial charge in [-0.15, -0.1) is 10.2 Å². The second-order valence-corrected chi connectivity index (χ2v) is 6.87. The summed E-state index contributed by atoms with van der Waals surface area (Å²) in [6.07, 6.45) is 0. The molecule has 0 saturated carbocycles. The first kappa shape index (κ1) is 22.0. The Labute approximate surface area is 182 Å². The van der Waals surface area contributed by atoms with E-state index in [0.717, 1.165) is 17.3 Å². The number of benzene rings is 2. The van der Waals surface area contributed by atoms with E-state index >= 15 is 0 Å². The van der Waals surface area contributed by atoms with Gasteiger partial charge in [0.2, 0.25) is 17.5 Å². The summed E-state index contributed by atoms with van der Waals surface area (Å²) in [5.41, 5.74) is 1.13. The minimum Gasteiger partial charge on any atom is -0.493 e. The zero-order valence-corrected chi connectivity index (χ0v) is 17.8. The van der Waals surface area contributed by atoms with Gasteiger partial charge in [0.05, 0.1) is 32.8 Å². The number of hydrogen-bond acceptors (Lipinski definition) is 9. The number of nitrogens with zero attached hydrogens (tertiary/aromatic N) is 2. The average Bonchev–Trinajstić information content (AvgIpc) is 3.26. The van der Waals surface area contributed by atoms with Crippen molar-refractivity contribution in [3.8, 4) is 28.7 Å². The molecular weight excluding hydrogens is 424 g/mol. The third-order valence-electron chi connectivity index (χ3n) is 3.93. The first-order valence-electron chi connectivity index (χ1n) is 8.96. The van der Waals surface area contributed by atoms with Crippen LogP contribution in [0.5, 0.6) is 17.2 Å². The van der Waals surface area contributed by atoms with Gasteiger partial charge in [0.25, 0.3) is 5.22 Å². The molecule has 0 fully saturated rings. The van der Waals surface area contributed by atoms with Crippen LogP contribution in [0.4, 0.5) is 10.5 Å². The van der Waals surface area contributed by atoms with Crippen LogP contribution in [0.1, 0.15) is 0 Å². The number of urea groups is 1. The first-order chi connectivity index (χ1) is 15.0. The molecule has 0 spiro atoms. The molecule has 11 heteroatoms. The van der Waals surface area contributed by atoms with Crippen molar-refractivity contribution in [2.24, 2.45) is 0 Å². The molecule has 10 nitrogen and oxygen atoms in total. The van der Waals surface area contributed by atoms with E-state index in [9.17, 15) is 9.59 Å². The number of aromatic nitrogens is 2. The third-order valence-corrected chi connectivity index (χ3v) is 4.75. The quantitative estimate of drug-likeness (QED) is 0.504. The molecule has 3 rings (SSSR count). The Balaban J connectivity index is 1.54. The monoisotopic (exact) mass is 444 g/mol. The van der Waals surface area contributed by atoms with E-state index in [1.54, 1.807) is 12.1 Å². The number of nitrogens with one attached hydrogen (secondary N) is 2. The Hall–Kier alpha value is -3.73. The number of imide groups is 1. The Morgan fingerprint density at radius 3 is 2.29 bits per heavy atom. The van der Waals surface area contributed by atoms with Gasteiger partial charge in [0, 0.05) is 17.7 Å². The highest BCUT2D eigenvalue weighted by Crippen LogP contribution is 2.39. The SMILES string of the molecule is COc1cc(NC(=O)NC(=O)CSc2nnc(-c3ccccc3)o2)cc(OC)c1OC. The molecule has 0 unspecified atom stereocenters. The zero-order chi connectivity index (χ0) is 22.2. The molecule has 31 heavy (non-hydrogen) atoms. The average molecular weight is 444 g/mol. The molecule has 2 N–H and O–H groups in total. The summed E-state index contributed by atoms with van der Waals surface area (Å²) in [7, 11) is 4.40. The Kier molecular flexibility index (Phi) is 7.33. The number of carbonyl (C=O) groups excluding carboxylic acids is 2. The van der Waals surface area contributed by atoms with Gasteiger partial charge in [-0.2, -0.15) is 0 Å². The summed E-state index contributed by atoms with van der Waals surface area (Å²) in [6.45, 7) is 0. The van der Waals surface area contributed by atoms with Crippen molar-refractivity contribution in [1.82, 2.24) is 15.5 Å². The van der Waals surface area contributed by atoms with Crippen LogP contribution in [-0.4, -0.2) is 49.2 Å². The summed E-state index contributed by atoms with van der Waals surface area (Å²) in [4.78, 5) is 24.2. The van der Waals surface area contributed by atoms with Crippen molar-refractivity contribution < 1.29 is 28.2 Å². The summed E-state index contributed by atoms with van der Waals surface area (Å²) in [5, 5.41) is 12.8. The Morgan fingerprint density at radius 2 is 1.68 bits per heavy atom. The van der Waals surface area contributed by atoms with Crippen molar-refractivity contribution in [2.45, 2.75) is 5.22 Å². The van der Waals surface area contributed by atoms with Crippen LogP contribution in [0, 0.1) is 0 Å². The maximum absolute atomic E-state index is 12.2. The van der Waals surface area contributed by atoms with E-state index in [4.69, 9.17) is 18.6 Å². The molecule has 0 saturated heterocycles. The molecule has 0 aliphatic heterocycles. The molecule has 0 atom stereocenters. The molecule has 2 aromatic carbocycles. The fraction of sp³-hybridized carbons (Fsp3) is 0.200. The Bertz CT molecular complexity index is 1030. The van der Waals surface area contributed by atoms with Crippen molar-refractivity contribution >= 4 is 29.4 Å². The van der Waals surface area contributed by atoms with Gasteiger partial charge in [-0.05, 0) is 12.1 Å². The molecule has 1 heterocycles. The Morgan fingerprint density at radius 1 is 1.00 bits per heavy atom. The molecule has 0 bridgehead atoms. The lowest BCUT2D eigenvalue weighted by atomic mass is 10.2. The lowest BCUT2D eigenvalue weighted by molar-refractivity contribution is -0.117. The van der Waals surface area contributed by atoms with Gasteiger partial charge in [0.1, 0.15) is 0 Å². The minimum atomic E-state index is -0.713. The highest BCUT2D eigenvalue weighted by atomic mass is 32.2. The van der Waals surface area contributed by atoms with Crippen LogP contribution in [-0.2, 0) is 4.79 Å². The lowest BCUT2D eigenvalue weighted by Gasteiger charge is -2.14. The number of ether oxygens (including phenoxy) is 3. The van der Waals surface area contributed by atoms with Gasteiger partial charge < -0.3 is 23.9 Å². The molecular formula is C20H20N4O6S. The number of anilines is 1. The van der Waals surface area contributed by atoms with E-state index in [2.05, 4.69) is 20.8 Å². The largest absolute Gasteiger partial charge is 0.493 e. The second-order valence-electron chi connectivity index (χ2n) is 5.94. The molecule has 0 radical (unpaired) electrons. The van der Waals surface area contributed by atoms with Crippen LogP contribution in [0.3, 0.4) is 0 Å². The fourth-order valence-electron chi connectivity index (χ4n) is 2.57. The van der Waals surface area contributed by atoms with Crippen LogP contribution >= 0.6 is 11.8 Å². The van der Waals surface area contributed by atoms with Crippen LogP contribution in [0.2, 0.25) is 0 Å². The third kappa shape index (κ3) is 5.66. The van der Waals surface area contributed by atoms with Gasteiger partial charge in [-0.3, -0.25) is 10.1 Å². The summed E-state index contributed by atoms with van der Waals surface area (Å²) < 4.78 is 21.2. The van der Waals surface area contributed by atoms with E-state index in [-0.39, 0.29) is 11.0 Å². The molecule has 3 amide bonds. The maximum Gasteiger partial charge on any atom is 0.325 e. The maximum atomic E-state index is 12.2. The number of carbonyl (C=O) groups is 2. The van der Waals surface area contributed by atoms with Gasteiger partial charge in [0.15, 0.2) is 11.5 Å². The van der Waals surface area contributed by atoms with E-state index in [1.807, 2.05) is 30.3 Å². The molecule has 0 aliphatic rings. The van der Waals surface area contributed by atoms with E-state index < -0.39 is 11.9 Å². The predicted octanol–water partition coefficient (Wildman–Crippen LogP) is 3.20. The summed E-state index contributed by atoms with van der Waals surface area (Å²) >= 11 is 1.02. The second kappa shape index (κ2) is 10.3. The molecule has 162 valence electrons. The zero-order valence-electron chi connectivity index (χ0n) is 17.0. The normalized spacial score (nSPS) is 10.3. The molecule has 1 aromatic heterocycles. The van der Waals surface area contributed by atoms with E-state index in [0.29, 0.717) is 28.8 Å². The van der Waals surface area contributed by atoms with Crippen LogP contribution in [0.15, 0.2) is 52.1 Å². The van der Waals surface area contributed by atoms with Crippen LogP contribution in [0.25, 0.3) is 11.5 Å². The topological polar surface area (TPSA) is 125 Å². The smallest absolute Gasteiger partial charge is 0.325 e.